The van der Waals surface area contributed by atoms with Gasteiger partial charge in [0, 0.05) is 0 Å². The summed E-state index contributed by atoms with van der Waals surface area (Å²) in [5, 5.41) is 94.9. The third-order valence-electron chi connectivity index (χ3n) is 8.59. The van der Waals surface area contributed by atoms with Crippen molar-refractivity contribution in [1.82, 2.24) is 0 Å². The summed E-state index contributed by atoms with van der Waals surface area (Å²) in [6.45, 7) is 1.28. The monoisotopic (exact) mass is 707 g/mol. The minimum Gasteiger partial charge on any atom is -0.453 e. The fourth-order valence-electron chi connectivity index (χ4n) is 5.87. The van der Waals surface area contributed by atoms with Gasteiger partial charge in [-0.25, -0.2) is 0 Å². The van der Waals surface area contributed by atoms with E-state index in [0.717, 1.165) is 5.56 Å². The van der Waals surface area contributed by atoms with Gasteiger partial charge in [-0.05, 0) is 17.9 Å². The van der Waals surface area contributed by atoms with Gasteiger partial charge in [-0.2, -0.15) is 0 Å². The molecule has 11 N–H and O–H groups in total. The van der Waals surface area contributed by atoms with Crippen LogP contribution in [0.3, 0.4) is 0 Å². The number of ether oxygens (including phenoxy) is 7. The molecule has 3 fully saturated rings. The fourth-order valence-corrected chi connectivity index (χ4v) is 5.87. The van der Waals surface area contributed by atoms with E-state index in [1.807, 2.05) is 19.9 Å². The number of hydrogen-bond donors (Lipinski definition) is 10. The summed E-state index contributed by atoms with van der Waals surface area (Å²) >= 11 is 0. The first-order valence-corrected chi connectivity index (χ1v) is 16.1. The standard InChI is InChI=1S/C31H49NO17/c1-13(2)8-15(32)28(42)47-27-20(37)19(36)16(9-33)44-31(27)49-26-18(11-35)46-30(24(41)22(26)39)48-25-17(10-34)45-29(23(40)21(25)38)43-12-14-6-4-3-5-7-14/h3-7,13,15-27,29-31,33-41H,8-12,32H2,1-2H3/t15-,16+,17+,18+,19+,20-,21+,22+,23+,24+,25+,26+,27+,29+,30+,31+/m0/s1. The first kappa shape index (κ1) is 39.8. The quantitative estimate of drug-likeness (QED) is 0.0816. The minimum atomic E-state index is -1.96. The van der Waals surface area contributed by atoms with Crippen LogP contribution in [0.1, 0.15) is 25.8 Å². The maximum atomic E-state index is 12.7. The molecule has 3 aliphatic heterocycles. The van der Waals surface area contributed by atoms with E-state index in [1.165, 1.54) is 0 Å². The summed E-state index contributed by atoms with van der Waals surface area (Å²) in [5.41, 5.74) is 6.67. The van der Waals surface area contributed by atoms with Gasteiger partial charge in [0.1, 0.15) is 73.2 Å². The Morgan fingerprint density at radius 2 is 1.18 bits per heavy atom. The van der Waals surface area contributed by atoms with Gasteiger partial charge in [-0.3, -0.25) is 4.79 Å². The number of aliphatic hydroxyl groups is 9. The van der Waals surface area contributed by atoms with Crippen molar-refractivity contribution >= 4 is 5.97 Å². The van der Waals surface area contributed by atoms with Crippen molar-refractivity contribution in [3.63, 3.8) is 0 Å². The molecule has 4 rings (SSSR count). The van der Waals surface area contributed by atoms with Crippen LogP contribution in [0.15, 0.2) is 30.3 Å². The van der Waals surface area contributed by atoms with Gasteiger partial charge >= 0.3 is 5.97 Å². The van der Waals surface area contributed by atoms with Crippen LogP contribution in [-0.2, 0) is 44.6 Å². The van der Waals surface area contributed by atoms with E-state index in [2.05, 4.69) is 0 Å². The third-order valence-corrected chi connectivity index (χ3v) is 8.59. The van der Waals surface area contributed by atoms with Gasteiger partial charge in [-0.1, -0.05) is 44.2 Å². The molecule has 0 saturated carbocycles. The maximum Gasteiger partial charge on any atom is 0.323 e. The van der Waals surface area contributed by atoms with Crippen molar-refractivity contribution in [2.45, 2.75) is 125 Å². The molecule has 18 nitrogen and oxygen atoms in total. The smallest absolute Gasteiger partial charge is 0.323 e. The van der Waals surface area contributed by atoms with Gasteiger partial charge in [-0.15, -0.1) is 0 Å². The topological polar surface area (TPSA) is 290 Å². The highest BCUT2D eigenvalue weighted by molar-refractivity contribution is 5.75. The Balaban J connectivity index is 1.45. The summed E-state index contributed by atoms with van der Waals surface area (Å²) in [7, 11) is 0. The summed E-state index contributed by atoms with van der Waals surface area (Å²) in [6.07, 6.45) is -24.7. The van der Waals surface area contributed by atoms with E-state index >= 15 is 0 Å². The maximum absolute atomic E-state index is 12.7. The minimum absolute atomic E-state index is 0.00888. The molecular formula is C31H49NO17. The van der Waals surface area contributed by atoms with Gasteiger partial charge in [0.15, 0.2) is 25.0 Å². The largest absolute Gasteiger partial charge is 0.453 e. The van der Waals surface area contributed by atoms with Crippen LogP contribution in [-0.4, -0.2) is 170 Å². The van der Waals surface area contributed by atoms with E-state index < -0.39 is 124 Å². The first-order valence-electron chi connectivity index (χ1n) is 16.1. The van der Waals surface area contributed by atoms with E-state index in [1.54, 1.807) is 24.3 Å². The Morgan fingerprint density at radius 3 is 1.73 bits per heavy atom. The zero-order valence-corrected chi connectivity index (χ0v) is 27.1. The summed E-state index contributed by atoms with van der Waals surface area (Å²) in [5.74, 6) is -0.951. The molecule has 0 bridgehead atoms. The van der Waals surface area contributed by atoms with E-state index in [-0.39, 0.29) is 18.9 Å². The zero-order chi connectivity index (χ0) is 36.0. The fraction of sp³-hybridized carbons (Fsp3) is 0.774. The first-order chi connectivity index (χ1) is 23.3. The highest BCUT2D eigenvalue weighted by Crippen LogP contribution is 2.33. The van der Waals surface area contributed by atoms with Crippen LogP contribution >= 0.6 is 0 Å². The van der Waals surface area contributed by atoms with Crippen LogP contribution in [0.2, 0.25) is 0 Å². The lowest BCUT2D eigenvalue weighted by Crippen LogP contribution is -2.67. The van der Waals surface area contributed by atoms with Crippen LogP contribution in [0.5, 0.6) is 0 Å². The molecule has 49 heavy (non-hydrogen) atoms. The molecule has 3 heterocycles. The van der Waals surface area contributed by atoms with Crippen LogP contribution < -0.4 is 5.73 Å². The summed E-state index contributed by atoms with van der Waals surface area (Å²) in [4.78, 5) is 12.7. The molecule has 280 valence electrons. The number of esters is 1. The van der Waals surface area contributed by atoms with E-state index in [4.69, 9.17) is 38.9 Å². The lowest BCUT2D eigenvalue weighted by atomic mass is 9.96. The third kappa shape index (κ3) is 9.49. The second kappa shape index (κ2) is 18.0. The predicted octanol–water partition coefficient (Wildman–Crippen LogP) is -4.42. The van der Waals surface area contributed by atoms with Crippen LogP contribution in [0.4, 0.5) is 0 Å². The van der Waals surface area contributed by atoms with Gasteiger partial charge < -0.3 is 84.9 Å². The van der Waals surface area contributed by atoms with E-state index in [0.29, 0.717) is 0 Å². The molecule has 18 heteroatoms. The lowest BCUT2D eigenvalue weighted by molar-refractivity contribution is -0.380. The summed E-state index contributed by atoms with van der Waals surface area (Å²) in [6, 6.07) is 7.81. The second-order valence-electron chi connectivity index (χ2n) is 12.8. The number of carbonyl (C=O) groups excluding carboxylic acids is 1. The van der Waals surface area contributed by atoms with Crippen LogP contribution in [0, 0.1) is 5.92 Å². The molecule has 0 spiro atoms. The Hall–Kier alpha value is -1.95. The Kier molecular flexibility index (Phi) is 14.6. The second-order valence-corrected chi connectivity index (χ2v) is 12.8. The van der Waals surface area contributed by atoms with E-state index in [9.17, 15) is 50.8 Å². The Morgan fingerprint density at radius 1 is 0.694 bits per heavy atom. The van der Waals surface area contributed by atoms with Crippen molar-refractivity contribution in [2.24, 2.45) is 11.7 Å². The number of rotatable bonds is 14. The number of benzene rings is 1. The molecule has 0 aliphatic carbocycles. The van der Waals surface area contributed by atoms with Crippen molar-refractivity contribution in [2.75, 3.05) is 19.8 Å². The molecule has 1 aromatic carbocycles. The summed E-state index contributed by atoms with van der Waals surface area (Å²) < 4.78 is 39.3. The number of nitrogens with two attached hydrogens (primary N) is 1. The van der Waals surface area contributed by atoms with Gasteiger partial charge in [0.25, 0.3) is 0 Å². The van der Waals surface area contributed by atoms with Gasteiger partial charge in [0.05, 0.1) is 26.4 Å². The average Bonchev–Trinajstić information content (AvgIpc) is 3.08. The highest BCUT2D eigenvalue weighted by Gasteiger charge is 2.54. The molecule has 1 aromatic rings. The van der Waals surface area contributed by atoms with Crippen molar-refractivity contribution in [1.29, 1.82) is 0 Å². The predicted molar refractivity (Wildman–Crippen MR) is 162 cm³/mol. The number of hydrogen-bond acceptors (Lipinski definition) is 18. The Labute approximate surface area is 282 Å². The highest BCUT2D eigenvalue weighted by atomic mass is 16.8. The van der Waals surface area contributed by atoms with Gasteiger partial charge in [0.2, 0.25) is 0 Å². The molecule has 3 aliphatic rings. The molecule has 3 saturated heterocycles. The van der Waals surface area contributed by atoms with Crippen molar-refractivity contribution < 1.29 is 83.9 Å². The van der Waals surface area contributed by atoms with Crippen LogP contribution in [0.25, 0.3) is 0 Å². The molecule has 16 atom stereocenters. The number of carbonyl (C=O) groups is 1. The molecular weight excluding hydrogens is 658 g/mol. The zero-order valence-electron chi connectivity index (χ0n) is 27.1. The molecule has 0 radical (unpaired) electrons. The Bertz CT molecular complexity index is 1150. The molecule has 0 aromatic heterocycles. The normalized spacial score (nSPS) is 40.6. The lowest BCUT2D eigenvalue weighted by Gasteiger charge is -2.48. The van der Waals surface area contributed by atoms with Crippen molar-refractivity contribution in [3.05, 3.63) is 35.9 Å². The number of aliphatic hydroxyl groups excluding tert-OH is 9. The average molecular weight is 708 g/mol. The van der Waals surface area contributed by atoms with Crippen molar-refractivity contribution in [3.8, 4) is 0 Å². The molecule has 0 unspecified atom stereocenters. The SMILES string of the molecule is CC(C)C[C@H](N)C(=O)O[C@H]1[C@@H](O[C@H]2[C@H](O)[C@@H](O)[C@@H](O[C@H]3[C@H](O)[C@@H](O)[C@H](OCc4ccccc4)O[C@@H]3CO)O[C@@H]2CO)O[C@H](CO)[C@@H](O)[C@@H]1O. The molecule has 0 amide bonds.